The Bertz CT molecular complexity index is 139. The van der Waals surface area contributed by atoms with Crippen molar-refractivity contribution in [1.82, 2.24) is 0 Å². The van der Waals surface area contributed by atoms with E-state index >= 15 is 0 Å². The van der Waals surface area contributed by atoms with Gasteiger partial charge in [0, 0.05) is 0 Å². The molecule has 0 saturated carbocycles. The monoisotopic (exact) mass is 148 g/mol. The van der Waals surface area contributed by atoms with Gasteiger partial charge < -0.3 is 21.7 Å². The van der Waals surface area contributed by atoms with E-state index in [1.165, 1.54) is 0 Å². The molecule has 0 radical (unpaired) electrons. The maximum absolute atomic E-state index is 10.1. The van der Waals surface area contributed by atoms with Crippen molar-refractivity contribution in [3.05, 3.63) is 0 Å². The molecule has 0 aliphatic heterocycles. The number of carboxylic acids is 1. The summed E-state index contributed by atoms with van der Waals surface area (Å²) in [7, 11) is 0. The molecular weight excluding hydrogens is 140 g/mol. The van der Waals surface area contributed by atoms with Crippen LogP contribution in [0.2, 0.25) is 0 Å². The minimum absolute atomic E-state index is 1.14. The second kappa shape index (κ2) is 3.14. The molecule has 0 fully saturated rings. The first-order valence-corrected chi connectivity index (χ1v) is 2.42. The van der Waals surface area contributed by atoms with Gasteiger partial charge in [0.15, 0.2) is 6.10 Å². The van der Waals surface area contributed by atoms with Crippen LogP contribution in [-0.4, -0.2) is 34.2 Å². The molecule has 0 heterocycles. The number of aliphatic hydroxyl groups excluding tert-OH is 1. The van der Waals surface area contributed by atoms with Gasteiger partial charge >= 0.3 is 5.97 Å². The van der Waals surface area contributed by atoms with E-state index in [1.807, 2.05) is 0 Å². The summed E-state index contributed by atoms with van der Waals surface area (Å²) in [6, 6.07) is -1.64. The Labute approximate surface area is 56.4 Å². The van der Waals surface area contributed by atoms with Crippen LogP contribution in [-0.2, 0) is 9.59 Å². The van der Waals surface area contributed by atoms with Crippen molar-refractivity contribution >= 4 is 11.9 Å². The van der Waals surface area contributed by atoms with Crippen LogP contribution >= 0.6 is 0 Å². The molecule has 0 aliphatic carbocycles. The molecule has 6 nitrogen and oxygen atoms in total. The fourth-order valence-corrected chi connectivity index (χ4v) is 0.312. The van der Waals surface area contributed by atoms with Gasteiger partial charge in [0.25, 0.3) is 0 Å². The first-order valence-electron chi connectivity index (χ1n) is 2.42. The first-order chi connectivity index (χ1) is 4.46. The van der Waals surface area contributed by atoms with Gasteiger partial charge in [-0.1, -0.05) is 0 Å². The largest absolute Gasteiger partial charge is 0.480 e. The summed E-state index contributed by atoms with van der Waals surface area (Å²) < 4.78 is 0. The van der Waals surface area contributed by atoms with Gasteiger partial charge in [-0.25, -0.2) is 0 Å². The third-order valence-corrected chi connectivity index (χ3v) is 0.917. The van der Waals surface area contributed by atoms with Gasteiger partial charge in [0.05, 0.1) is 0 Å². The second-order valence-corrected chi connectivity index (χ2v) is 1.71. The zero-order chi connectivity index (χ0) is 8.31. The summed E-state index contributed by atoms with van der Waals surface area (Å²) in [5.74, 6) is -2.61. The van der Waals surface area contributed by atoms with E-state index in [9.17, 15) is 9.59 Å². The minimum atomic E-state index is -1.82. The Morgan fingerprint density at radius 2 is 1.80 bits per heavy atom. The molecule has 0 rings (SSSR count). The molecule has 10 heavy (non-hydrogen) atoms. The third kappa shape index (κ3) is 2.00. The molecule has 1 unspecified atom stereocenters. The highest BCUT2D eigenvalue weighted by Gasteiger charge is 2.26. The summed E-state index contributed by atoms with van der Waals surface area (Å²) in [6.45, 7) is 0. The Hall–Kier alpha value is -1.14. The summed E-state index contributed by atoms with van der Waals surface area (Å²) in [6.07, 6.45) is -1.82. The topological polar surface area (TPSA) is 127 Å². The lowest BCUT2D eigenvalue weighted by Gasteiger charge is -2.09. The van der Waals surface area contributed by atoms with Crippen molar-refractivity contribution in [1.29, 1.82) is 0 Å². The zero-order valence-corrected chi connectivity index (χ0v) is 5.02. The van der Waals surface area contributed by atoms with Crippen molar-refractivity contribution < 1.29 is 19.8 Å². The number of aliphatic carboxylic acids is 1. The van der Waals surface area contributed by atoms with Gasteiger partial charge in [-0.05, 0) is 0 Å². The van der Waals surface area contributed by atoms with Crippen LogP contribution < -0.4 is 11.5 Å². The average molecular weight is 148 g/mol. The Morgan fingerprint density at radius 3 is 1.90 bits per heavy atom. The second-order valence-electron chi connectivity index (χ2n) is 1.71. The molecule has 0 aromatic carbocycles. The number of amides is 1. The maximum Gasteiger partial charge on any atom is 0.323 e. The van der Waals surface area contributed by atoms with Gasteiger partial charge in [0.1, 0.15) is 6.04 Å². The molecule has 6 heteroatoms. The number of rotatable bonds is 3. The highest BCUT2D eigenvalue weighted by atomic mass is 16.4. The molecule has 0 aromatic heterocycles. The molecule has 0 spiro atoms. The van der Waals surface area contributed by atoms with Crippen LogP contribution in [0.3, 0.4) is 0 Å². The van der Waals surface area contributed by atoms with Crippen molar-refractivity contribution in [2.24, 2.45) is 11.5 Å². The average Bonchev–Trinajstić information content (AvgIpc) is 1.84. The fraction of sp³-hybridized carbons (Fsp3) is 0.500. The van der Waals surface area contributed by atoms with Crippen molar-refractivity contribution in [2.75, 3.05) is 0 Å². The van der Waals surface area contributed by atoms with E-state index in [2.05, 4.69) is 5.73 Å². The Balaban J connectivity index is 4.07. The standard InChI is InChI=1S/C4H8N2O4/c5-1(4(9)10)2(7)3(6)8/h1-2,7H,5H2,(H2,6,8)(H,9,10)/t1?,2-/m0/s1. The number of carbonyl (C=O) groups is 2. The predicted molar refractivity (Wildman–Crippen MR) is 30.8 cm³/mol. The molecule has 0 saturated heterocycles. The van der Waals surface area contributed by atoms with E-state index < -0.39 is 24.0 Å². The van der Waals surface area contributed by atoms with E-state index in [-0.39, 0.29) is 0 Å². The quantitative estimate of drug-likeness (QED) is 0.345. The molecule has 0 aromatic rings. The van der Waals surface area contributed by atoms with Crippen LogP contribution in [0.15, 0.2) is 0 Å². The highest BCUT2D eigenvalue weighted by molar-refractivity contribution is 5.87. The summed E-state index contributed by atoms with van der Waals surface area (Å²) in [5, 5.41) is 16.7. The van der Waals surface area contributed by atoms with Crippen molar-refractivity contribution in [3.63, 3.8) is 0 Å². The first kappa shape index (κ1) is 8.86. The summed E-state index contributed by atoms with van der Waals surface area (Å²) >= 11 is 0. The molecule has 2 atom stereocenters. The molecule has 0 aliphatic rings. The SMILES string of the molecule is NC(=O)[C@@H](O)C(N)C(=O)O. The maximum atomic E-state index is 10.1. The Morgan fingerprint density at radius 1 is 1.40 bits per heavy atom. The lowest BCUT2D eigenvalue weighted by atomic mass is 10.2. The lowest BCUT2D eigenvalue weighted by molar-refractivity contribution is -0.145. The number of hydrogen-bond donors (Lipinski definition) is 4. The molecule has 58 valence electrons. The normalized spacial score (nSPS) is 15.8. The van der Waals surface area contributed by atoms with Gasteiger partial charge in [-0.3, -0.25) is 9.59 Å². The van der Waals surface area contributed by atoms with Crippen LogP contribution in [0, 0.1) is 0 Å². The Kier molecular flexibility index (Phi) is 2.78. The van der Waals surface area contributed by atoms with E-state index in [0.717, 1.165) is 0 Å². The van der Waals surface area contributed by atoms with Gasteiger partial charge in [0.2, 0.25) is 5.91 Å². The fourth-order valence-electron chi connectivity index (χ4n) is 0.312. The van der Waals surface area contributed by atoms with E-state index in [1.54, 1.807) is 0 Å². The van der Waals surface area contributed by atoms with Crippen molar-refractivity contribution in [2.45, 2.75) is 12.1 Å². The summed E-state index contributed by atoms with van der Waals surface area (Å²) in [4.78, 5) is 20.0. The van der Waals surface area contributed by atoms with Crippen LogP contribution in [0.5, 0.6) is 0 Å². The third-order valence-electron chi connectivity index (χ3n) is 0.917. The van der Waals surface area contributed by atoms with Crippen LogP contribution in [0.4, 0.5) is 0 Å². The smallest absolute Gasteiger partial charge is 0.323 e. The van der Waals surface area contributed by atoms with Gasteiger partial charge in [-0.2, -0.15) is 0 Å². The molecule has 1 amide bonds. The number of carbonyl (C=O) groups excluding carboxylic acids is 1. The van der Waals surface area contributed by atoms with Crippen molar-refractivity contribution in [3.8, 4) is 0 Å². The lowest BCUT2D eigenvalue weighted by Crippen LogP contribution is -2.48. The van der Waals surface area contributed by atoms with Crippen LogP contribution in [0.1, 0.15) is 0 Å². The van der Waals surface area contributed by atoms with E-state index in [0.29, 0.717) is 0 Å². The highest BCUT2D eigenvalue weighted by Crippen LogP contribution is 1.87. The number of aliphatic hydroxyl groups is 1. The van der Waals surface area contributed by atoms with Crippen LogP contribution in [0.25, 0.3) is 0 Å². The number of nitrogens with two attached hydrogens (primary N) is 2. The summed E-state index contributed by atoms with van der Waals surface area (Å²) in [5.41, 5.74) is 9.35. The number of primary amides is 1. The molecular formula is C4H8N2O4. The predicted octanol–water partition coefficient (Wildman–Crippen LogP) is -2.76. The zero-order valence-electron chi connectivity index (χ0n) is 5.02. The number of carboxylic acid groups (broad SMARTS) is 1. The number of hydrogen-bond acceptors (Lipinski definition) is 4. The van der Waals surface area contributed by atoms with Gasteiger partial charge in [-0.15, -0.1) is 0 Å². The minimum Gasteiger partial charge on any atom is -0.480 e. The van der Waals surface area contributed by atoms with E-state index in [4.69, 9.17) is 15.9 Å². The molecule has 0 bridgehead atoms. The molecule has 6 N–H and O–H groups in total.